The zero-order valence-corrected chi connectivity index (χ0v) is 13.9. The molecule has 0 radical (unpaired) electrons. The number of pyridine rings is 1. The minimum atomic E-state index is 0.204. The van der Waals surface area contributed by atoms with Crippen molar-refractivity contribution in [1.29, 1.82) is 0 Å². The highest BCUT2D eigenvalue weighted by Crippen LogP contribution is 2.26. The van der Waals surface area contributed by atoms with Gasteiger partial charge in [0.2, 0.25) is 5.82 Å². The third-order valence-electron chi connectivity index (χ3n) is 4.19. The van der Waals surface area contributed by atoms with E-state index >= 15 is 0 Å². The molecule has 0 atom stereocenters. The Morgan fingerprint density at radius 3 is 3.00 bits per heavy atom. The van der Waals surface area contributed by atoms with E-state index in [0.717, 1.165) is 35.1 Å². The molecular weight excluding hydrogens is 318 g/mol. The smallest absolute Gasteiger partial charge is 0.259 e. The number of ether oxygens (including phenoxy) is 1. The summed E-state index contributed by atoms with van der Waals surface area (Å²) in [6.07, 6.45) is 5.89. The summed E-state index contributed by atoms with van der Waals surface area (Å²) in [6, 6.07) is 7.52. The SMILES string of the molecule is Cc1cncc(-c2nc(COc3ccc4c(c3)CCCC4=O)no2)c1. The highest BCUT2D eigenvalue weighted by molar-refractivity contribution is 5.98. The van der Waals surface area contributed by atoms with E-state index in [1.807, 2.05) is 31.2 Å². The van der Waals surface area contributed by atoms with Gasteiger partial charge in [0.25, 0.3) is 5.89 Å². The molecule has 0 amide bonds. The summed E-state index contributed by atoms with van der Waals surface area (Å²) in [5.74, 6) is 1.80. The average Bonchev–Trinajstić information content (AvgIpc) is 3.09. The number of nitrogens with zero attached hydrogens (tertiary/aromatic N) is 3. The second-order valence-corrected chi connectivity index (χ2v) is 6.15. The van der Waals surface area contributed by atoms with Crippen molar-refractivity contribution < 1.29 is 14.1 Å². The van der Waals surface area contributed by atoms with Gasteiger partial charge in [-0.2, -0.15) is 4.98 Å². The summed E-state index contributed by atoms with van der Waals surface area (Å²) >= 11 is 0. The molecule has 1 aromatic carbocycles. The Labute approximate surface area is 144 Å². The molecule has 0 saturated carbocycles. The highest BCUT2D eigenvalue weighted by atomic mass is 16.5. The third kappa shape index (κ3) is 3.28. The Morgan fingerprint density at radius 2 is 2.12 bits per heavy atom. The maximum Gasteiger partial charge on any atom is 0.259 e. The fourth-order valence-corrected chi connectivity index (χ4v) is 2.96. The van der Waals surface area contributed by atoms with Crippen molar-refractivity contribution in [3.05, 3.63) is 59.2 Å². The normalized spacial score (nSPS) is 13.6. The molecule has 3 aromatic rings. The van der Waals surface area contributed by atoms with E-state index in [9.17, 15) is 4.79 Å². The Kier molecular flexibility index (Phi) is 4.01. The molecule has 0 saturated heterocycles. The lowest BCUT2D eigenvalue weighted by Crippen LogP contribution is -2.10. The maximum absolute atomic E-state index is 11.9. The summed E-state index contributed by atoms with van der Waals surface area (Å²) in [6.45, 7) is 2.16. The van der Waals surface area contributed by atoms with Gasteiger partial charge in [0.05, 0.1) is 5.56 Å². The minimum absolute atomic E-state index is 0.204. The van der Waals surface area contributed by atoms with Crippen molar-refractivity contribution in [1.82, 2.24) is 15.1 Å². The number of hydrogen-bond donors (Lipinski definition) is 0. The summed E-state index contributed by atoms with van der Waals surface area (Å²) in [7, 11) is 0. The lowest BCUT2D eigenvalue weighted by molar-refractivity contribution is 0.0972. The first-order valence-electron chi connectivity index (χ1n) is 8.22. The first-order chi connectivity index (χ1) is 12.2. The zero-order valence-electron chi connectivity index (χ0n) is 13.9. The van der Waals surface area contributed by atoms with E-state index in [0.29, 0.717) is 23.9 Å². The lowest BCUT2D eigenvalue weighted by Gasteiger charge is -2.15. The molecule has 1 aliphatic carbocycles. The molecule has 6 heteroatoms. The van der Waals surface area contributed by atoms with Crippen molar-refractivity contribution in [2.24, 2.45) is 0 Å². The van der Waals surface area contributed by atoms with Crippen LogP contribution in [0.2, 0.25) is 0 Å². The van der Waals surface area contributed by atoms with E-state index in [1.165, 1.54) is 0 Å². The first kappa shape index (κ1) is 15.5. The number of carbonyl (C=O) groups is 1. The van der Waals surface area contributed by atoms with Crippen LogP contribution in [0.1, 0.15) is 40.2 Å². The van der Waals surface area contributed by atoms with Crippen LogP contribution < -0.4 is 4.74 Å². The van der Waals surface area contributed by atoms with Crippen LogP contribution in [0.5, 0.6) is 5.75 Å². The third-order valence-corrected chi connectivity index (χ3v) is 4.19. The Bertz CT molecular complexity index is 933. The number of aromatic nitrogens is 3. The van der Waals surface area contributed by atoms with E-state index < -0.39 is 0 Å². The van der Waals surface area contributed by atoms with E-state index in [1.54, 1.807) is 12.4 Å². The van der Waals surface area contributed by atoms with Gasteiger partial charge < -0.3 is 9.26 Å². The second-order valence-electron chi connectivity index (χ2n) is 6.15. The Hall–Kier alpha value is -3.02. The van der Waals surface area contributed by atoms with Crippen molar-refractivity contribution in [3.63, 3.8) is 0 Å². The largest absolute Gasteiger partial charge is 0.485 e. The Balaban J connectivity index is 1.46. The molecule has 2 heterocycles. The first-order valence-corrected chi connectivity index (χ1v) is 8.22. The summed E-state index contributed by atoms with van der Waals surface area (Å²) in [4.78, 5) is 20.3. The van der Waals surface area contributed by atoms with Gasteiger partial charge in [0.1, 0.15) is 5.75 Å². The predicted octanol–water partition coefficient (Wildman–Crippen LogP) is 3.54. The number of benzene rings is 1. The lowest BCUT2D eigenvalue weighted by atomic mass is 9.91. The van der Waals surface area contributed by atoms with Gasteiger partial charge in [-0.3, -0.25) is 9.78 Å². The minimum Gasteiger partial charge on any atom is -0.485 e. The quantitative estimate of drug-likeness (QED) is 0.726. The van der Waals surface area contributed by atoms with Crippen LogP contribution in [0, 0.1) is 6.92 Å². The summed E-state index contributed by atoms with van der Waals surface area (Å²) < 4.78 is 11.0. The second kappa shape index (κ2) is 6.47. The van der Waals surface area contributed by atoms with Gasteiger partial charge in [0.15, 0.2) is 12.4 Å². The van der Waals surface area contributed by atoms with Gasteiger partial charge >= 0.3 is 0 Å². The zero-order chi connectivity index (χ0) is 17.2. The number of aryl methyl sites for hydroxylation is 2. The van der Waals surface area contributed by atoms with E-state index in [-0.39, 0.29) is 12.4 Å². The van der Waals surface area contributed by atoms with Gasteiger partial charge in [-0.25, -0.2) is 0 Å². The van der Waals surface area contributed by atoms with Crippen LogP contribution in [0.15, 0.2) is 41.2 Å². The van der Waals surface area contributed by atoms with Crippen LogP contribution in [0.25, 0.3) is 11.5 Å². The molecule has 25 heavy (non-hydrogen) atoms. The number of fused-ring (bicyclic) bond motifs is 1. The molecule has 0 unspecified atom stereocenters. The van der Waals surface area contributed by atoms with Crippen LogP contribution in [0.3, 0.4) is 0 Å². The summed E-state index contributed by atoms with van der Waals surface area (Å²) in [5, 5.41) is 3.94. The predicted molar refractivity (Wildman–Crippen MR) is 90.3 cm³/mol. The number of hydrogen-bond acceptors (Lipinski definition) is 6. The van der Waals surface area contributed by atoms with Gasteiger partial charge in [0, 0.05) is 24.4 Å². The highest BCUT2D eigenvalue weighted by Gasteiger charge is 2.17. The summed E-state index contributed by atoms with van der Waals surface area (Å²) in [5.41, 5.74) is 3.67. The van der Waals surface area contributed by atoms with Crippen molar-refractivity contribution in [2.75, 3.05) is 0 Å². The van der Waals surface area contributed by atoms with Gasteiger partial charge in [-0.15, -0.1) is 0 Å². The van der Waals surface area contributed by atoms with Gasteiger partial charge in [-0.05, 0) is 55.2 Å². The monoisotopic (exact) mass is 335 g/mol. The van der Waals surface area contributed by atoms with E-state index in [2.05, 4.69) is 15.1 Å². The molecule has 0 spiro atoms. The van der Waals surface area contributed by atoms with E-state index in [4.69, 9.17) is 9.26 Å². The van der Waals surface area contributed by atoms with Crippen LogP contribution in [-0.4, -0.2) is 20.9 Å². The maximum atomic E-state index is 11.9. The number of Topliss-reactive ketones (excluding diaryl/α,β-unsaturated/α-hetero) is 1. The van der Waals surface area contributed by atoms with Crippen LogP contribution in [0.4, 0.5) is 0 Å². The van der Waals surface area contributed by atoms with Crippen molar-refractivity contribution >= 4 is 5.78 Å². The Morgan fingerprint density at radius 1 is 1.20 bits per heavy atom. The van der Waals surface area contributed by atoms with Crippen molar-refractivity contribution in [3.8, 4) is 17.2 Å². The molecule has 0 N–H and O–H groups in total. The number of carbonyl (C=O) groups excluding carboxylic acids is 1. The molecule has 1 aliphatic rings. The molecule has 0 fully saturated rings. The molecule has 4 rings (SSSR count). The molecule has 2 aromatic heterocycles. The van der Waals surface area contributed by atoms with Crippen LogP contribution >= 0.6 is 0 Å². The standard InChI is InChI=1S/C19H17N3O3/c1-12-7-14(10-20-9-12)19-21-18(22-25-19)11-24-15-5-6-16-13(8-15)3-2-4-17(16)23/h5-10H,2-4,11H2,1H3. The molecule has 0 bridgehead atoms. The van der Waals surface area contributed by atoms with Crippen LogP contribution in [-0.2, 0) is 13.0 Å². The number of ketones is 1. The van der Waals surface area contributed by atoms with Gasteiger partial charge in [-0.1, -0.05) is 5.16 Å². The van der Waals surface area contributed by atoms with Crippen molar-refractivity contribution in [2.45, 2.75) is 32.8 Å². The average molecular weight is 335 g/mol. The molecular formula is C19H17N3O3. The number of rotatable bonds is 4. The fraction of sp³-hybridized carbons (Fsp3) is 0.263. The topological polar surface area (TPSA) is 78.1 Å². The molecule has 6 nitrogen and oxygen atoms in total. The fourth-order valence-electron chi connectivity index (χ4n) is 2.96. The molecule has 126 valence electrons. The molecule has 0 aliphatic heterocycles.